The summed E-state index contributed by atoms with van der Waals surface area (Å²) in [4.78, 5) is 23.8. The molecular weight excluding hydrogens is 383 g/mol. The van der Waals surface area contributed by atoms with Crippen molar-refractivity contribution in [3.63, 3.8) is 0 Å². The summed E-state index contributed by atoms with van der Waals surface area (Å²) in [5, 5.41) is 0. The fourth-order valence-corrected chi connectivity index (χ4v) is 4.23. The third-order valence-corrected chi connectivity index (χ3v) is 5.69. The number of fused-ring (bicyclic) bond motifs is 2. The van der Waals surface area contributed by atoms with Crippen molar-refractivity contribution >= 4 is 17.1 Å². The van der Waals surface area contributed by atoms with Crippen molar-refractivity contribution in [2.24, 2.45) is 0 Å². The van der Waals surface area contributed by atoms with Crippen molar-refractivity contribution < 1.29 is 13.9 Å². The fourth-order valence-electron chi connectivity index (χ4n) is 4.23. The molecule has 1 aliphatic rings. The lowest BCUT2D eigenvalue weighted by atomic mass is 9.99. The zero-order valence-corrected chi connectivity index (χ0v) is 17.5. The van der Waals surface area contributed by atoms with Crippen LogP contribution in [0.15, 0.2) is 36.5 Å². The minimum atomic E-state index is -0.249. The molecule has 1 amide bonds. The first-order valence-electron chi connectivity index (χ1n) is 10.4. The van der Waals surface area contributed by atoms with Crippen LogP contribution >= 0.6 is 0 Å². The molecule has 1 unspecified atom stereocenters. The lowest BCUT2D eigenvalue weighted by Crippen LogP contribution is -2.35. The Morgan fingerprint density at radius 2 is 2.17 bits per heavy atom. The first-order valence-corrected chi connectivity index (χ1v) is 10.4. The molecule has 0 saturated heterocycles. The van der Waals surface area contributed by atoms with Gasteiger partial charge in [-0.15, -0.1) is 0 Å². The fraction of sp³-hybridized carbons (Fsp3) is 0.435. The number of imidazole rings is 1. The second-order valence-corrected chi connectivity index (χ2v) is 7.88. The van der Waals surface area contributed by atoms with Gasteiger partial charge in [0, 0.05) is 39.2 Å². The number of benzene rings is 1. The number of ether oxygens (including phenoxy) is 1. The van der Waals surface area contributed by atoms with Gasteiger partial charge in [0.2, 0.25) is 5.91 Å². The third kappa shape index (κ3) is 4.21. The predicted octanol–water partition coefficient (Wildman–Crippen LogP) is 3.69. The van der Waals surface area contributed by atoms with Crippen LogP contribution in [0.4, 0.5) is 4.39 Å². The van der Waals surface area contributed by atoms with Crippen LogP contribution in [-0.4, -0.2) is 45.6 Å². The van der Waals surface area contributed by atoms with Crippen molar-refractivity contribution in [1.82, 2.24) is 19.4 Å². The number of carbonyl (C=O) groups excluding carboxylic acids is 1. The van der Waals surface area contributed by atoms with Crippen molar-refractivity contribution in [3.05, 3.63) is 59.3 Å². The Balaban J connectivity index is 1.41. The monoisotopic (exact) mass is 410 g/mol. The summed E-state index contributed by atoms with van der Waals surface area (Å²) in [5.74, 6) is 0.781. The molecule has 0 spiro atoms. The maximum atomic E-state index is 13.5. The molecule has 4 rings (SSSR count). The molecule has 30 heavy (non-hydrogen) atoms. The molecule has 7 heteroatoms. The third-order valence-electron chi connectivity index (χ3n) is 5.69. The number of aryl methyl sites for hydroxylation is 1. The Labute approximate surface area is 175 Å². The van der Waals surface area contributed by atoms with E-state index in [0.29, 0.717) is 39.0 Å². The highest BCUT2D eigenvalue weighted by molar-refractivity contribution is 5.76. The molecule has 1 atom stereocenters. The standard InChI is InChI=1S/C23H27FN4O2/c1-16(15-30-2)28-21(26-20-5-4-11-25-23(20)28)6-3-7-22(29)27-12-10-17-8-9-19(24)13-18(17)14-27/h4-5,8-9,11,13,16H,3,6-7,10,12,14-15H2,1-2H3. The second kappa shape index (κ2) is 8.92. The van der Waals surface area contributed by atoms with E-state index in [0.717, 1.165) is 34.5 Å². The summed E-state index contributed by atoms with van der Waals surface area (Å²) in [6, 6.07) is 8.80. The number of hydrogen-bond donors (Lipinski definition) is 0. The number of aromatic nitrogens is 3. The quantitative estimate of drug-likeness (QED) is 0.596. The normalized spacial score (nSPS) is 14.7. The van der Waals surface area contributed by atoms with E-state index in [9.17, 15) is 9.18 Å². The average molecular weight is 410 g/mol. The van der Waals surface area contributed by atoms with Crippen molar-refractivity contribution in [1.29, 1.82) is 0 Å². The Morgan fingerprint density at radius 3 is 3.00 bits per heavy atom. The molecule has 1 aliphatic heterocycles. The van der Waals surface area contributed by atoms with Crippen LogP contribution in [0.1, 0.15) is 42.8 Å². The molecule has 3 heterocycles. The number of carbonyl (C=O) groups is 1. The minimum absolute atomic E-state index is 0.106. The Hall–Kier alpha value is -2.80. The van der Waals surface area contributed by atoms with E-state index in [2.05, 4.69) is 16.5 Å². The Morgan fingerprint density at radius 1 is 1.30 bits per heavy atom. The lowest BCUT2D eigenvalue weighted by Gasteiger charge is -2.29. The molecule has 3 aromatic rings. The molecule has 0 saturated carbocycles. The van der Waals surface area contributed by atoms with Gasteiger partial charge in [-0.25, -0.2) is 14.4 Å². The van der Waals surface area contributed by atoms with Crippen LogP contribution in [0.3, 0.4) is 0 Å². The smallest absolute Gasteiger partial charge is 0.222 e. The van der Waals surface area contributed by atoms with Gasteiger partial charge in [-0.3, -0.25) is 4.79 Å². The SMILES string of the molecule is COCC(C)n1c(CCCC(=O)N2CCc3ccc(F)cc3C2)nc2cccnc21. The first kappa shape index (κ1) is 20.5. The molecular formula is C23H27FN4O2. The van der Waals surface area contributed by atoms with E-state index >= 15 is 0 Å². The Kier molecular flexibility index (Phi) is 6.08. The number of methoxy groups -OCH3 is 1. The van der Waals surface area contributed by atoms with Crippen LogP contribution in [0.5, 0.6) is 0 Å². The van der Waals surface area contributed by atoms with E-state index in [4.69, 9.17) is 9.72 Å². The Bertz CT molecular complexity index is 1050. The zero-order valence-electron chi connectivity index (χ0n) is 17.5. The van der Waals surface area contributed by atoms with E-state index in [1.165, 1.54) is 6.07 Å². The number of rotatable bonds is 7. The summed E-state index contributed by atoms with van der Waals surface area (Å²) in [6.45, 7) is 3.82. The first-order chi connectivity index (χ1) is 14.6. The molecule has 0 aliphatic carbocycles. The lowest BCUT2D eigenvalue weighted by molar-refractivity contribution is -0.132. The van der Waals surface area contributed by atoms with Crippen LogP contribution in [0.2, 0.25) is 0 Å². The van der Waals surface area contributed by atoms with Gasteiger partial charge < -0.3 is 14.2 Å². The van der Waals surface area contributed by atoms with Crippen LogP contribution in [-0.2, 0) is 28.9 Å². The molecule has 0 radical (unpaired) electrons. The van der Waals surface area contributed by atoms with Crippen LogP contribution < -0.4 is 0 Å². The number of halogens is 1. The van der Waals surface area contributed by atoms with Gasteiger partial charge >= 0.3 is 0 Å². The van der Waals surface area contributed by atoms with Gasteiger partial charge in [-0.05, 0) is 55.2 Å². The van der Waals surface area contributed by atoms with Crippen molar-refractivity contribution in [2.45, 2.75) is 45.2 Å². The van der Waals surface area contributed by atoms with Gasteiger partial charge in [0.05, 0.1) is 12.6 Å². The van der Waals surface area contributed by atoms with Crippen LogP contribution in [0.25, 0.3) is 11.2 Å². The number of amides is 1. The minimum Gasteiger partial charge on any atom is -0.383 e. The van der Waals surface area contributed by atoms with Crippen LogP contribution in [0, 0.1) is 5.82 Å². The van der Waals surface area contributed by atoms with E-state index in [-0.39, 0.29) is 17.8 Å². The topological polar surface area (TPSA) is 60.2 Å². The van der Waals surface area contributed by atoms with Gasteiger partial charge in [-0.2, -0.15) is 0 Å². The molecule has 1 aromatic carbocycles. The van der Waals surface area contributed by atoms with E-state index < -0.39 is 0 Å². The van der Waals surface area contributed by atoms with Crippen molar-refractivity contribution in [2.75, 3.05) is 20.3 Å². The summed E-state index contributed by atoms with van der Waals surface area (Å²) >= 11 is 0. The van der Waals surface area contributed by atoms with Crippen molar-refractivity contribution in [3.8, 4) is 0 Å². The zero-order chi connectivity index (χ0) is 21.1. The molecule has 2 aromatic heterocycles. The molecule has 158 valence electrons. The van der Waals surface area contributed by atoms with Gasteiger partial charge in [-0.1, -0.05) is 6.07 Å². The van der Waals surface area contributed by atoms with E-state index in [1.807, 2.05) is 23.1 Å². The van der Waals surface area contributed by atoms with E-state index in [1.54, 1.807) is 19.4 Å². The highest BCUT2D eigenvalue weighted by Gasteiger charge is 2.22. The maximum absolute atomic E-state index is 13.5. The summed E-state index contributed by atoms with van der Waals surface area (Å²) < 4.78 is 21.0. The molecule has 6 nitrogen and oxygen atoms in total. The summed E-state index contributed by atoms with van der Waals surface area (Å²) in [6.07, 6.45) is 4.38. The largest absolute Gasteiger partial charge is 0.383 e. The number of nitrogens with zero attached hydrogens (tertiary/aromatic N) is 4. The molecule has 0 fully saturated rings. The van der Waals surface area contributed by atoms with Gasteiger partial charge in [0.15, 0.2) is 5.65 Å². The highest BCUT2D eigenvalue weighted by Crippen LogP contribution is 2.23. The summed E-state index contributed by atoms with van der Waals surface area (Å²) in [7, 11) is 1.68. The molecule has 0 bridgehead atoms. The number of pyridine rings is 1. The summed E-state index contributed by atoms with van der Waals surface area (Å²) in [5.41, 5.74) is 3.75. The predicted molar refractivity (Wildman–Crippen MR) is 113 cm³/mol. The highest BCUT2D eigenvalue weighted by atomic mass is 19.1. The number of hydrogen-bond acceptors (Lipinski definition) is 4. The second-order valence-electron chi connectivity index (χ2n) is 7.88. The average Bonchev–Trinajstić information content (AvgIpc) is 3.11. The van der Waals surface area contributed by atoms with Gasteiger partial charge in [0.1, 0.15) is 17.2 Å². The molecule has 0 N–H and O–H groups in total. The van der Waals surface area contributed by atoms with Gasteiger partial charge in [0.25, 0.3) is 0 Å². The maximum Gasteiger partial charge on any atom is 0.222 e.